The highest BCUT2D eigenvalue weighted by molar-refractivity contribution is 9.10. The fourth-order valence-electron chi connectivity index (χ4n) is 1.25. The van der Waals surface area contributed by atoms with Gasteiger partial charge < -0.3 is 10.3 Å². The van der Waals surface area contributed by atoms with Gasteiger partial charge in [0.1, 0.15) is 11.4 Å². The number of rotatable bonds is 2. The first-order valence-corrected chi connectivity index (χ1v) is 5.15. The third-order valence-electron chi connectivity index (χ3n) is 2.06. The van der Waals surface area contributed by atoms with Gasteiger partial charge in [-0.2, -0.15) is 5.10 Å². The zero-order valence-corrected chi connectivity index (χ0v) is 9.55. The molecular weight excluding hydrogens is 265 g/mol. The molecule has 0 aliphatic rings. The quantitative estimate of drug-likeness (QED) is 0.876. The lowest BCUT2D eigenvalue weighted by atomic mass is 10.3. The minimum Gasteiger partial charge on any atom is -0.380 e. The average molecular weight is 274 g/mol. The van der Waals surface area contributed by atoms with Crippen molar-refractivity contribution in [2.24, 2.45) is 0 Å². The van der Waals surface area contributed by atoms with E-state index in [4.69, 9.17) is 5.73 Å². The van der Waals surface area contributed by atoms with Crippen LogP contribution in [0.25, 0.3) is 11.4 Å². The number of nitrogens with zero attached hydrogens (tertiary/aromatic N) is 3. The summed E-state index contributed by atoms with van der Waals surface area (Å²) < 4.78 is 15.9. The van der Waals surface area contributed by atoms with Crippen LogP contribution in [0.15, 0.2) is 10.9 Å². The largest absolute Gasteiger partial charge is 0.380 e. The molecule has 2 aromatic heterocycles. The van der Waals surface area contributed by atoms with E-state index in [0.717, 1.165) is 6.54 Å². The van der Waals surface area contributed by atoms with Crippen molar-refractivity contribution >= 4 is 21.7 Å². The fourth-order valence-corrected chi connectivity index (χ4v) is 1.79. The Hall–Kier alpha value is -1.37. The van der Waals surface area contributed by atoms with Crippen LogP contribution in [-0.2, 0) is 6.54 Å². The molecule has 0 aliphatic heterocycles. The molecule has 0 aliphatic carbocycles. The van der Waals surface area contributed by atoms with Gasteiger partial charge in [0.25, 0.3) is 0 Å². The number of nitrogens with two attached hydrogens (primary N) is 1. The predicted molar refractivity (Wildman–Crippen MR) is 57.6 cm³/mol. The molecule has 0 spiro atoms. The molecule has 5 nitrogen and oxygen atoms in total. The molecule has 2 aromatic rings. The zero-order valence-electron chi connectivity index (χ0n) is 7.96. The summed E-state index contributed by atoms with van der Waals surface area (Å²) in [5.41, 5.74) is 5.98. The van der Waals surface area contributed by atoms with Crippen molar-refractivity contribution in [1.82, 2.24) is 19.7 Å². The molecule has 0 bridgehead atoms. The molecule has 7 heteroatoms. The standard InChI is InChI=1S/C8H9BrFN5/c1-2-15-3-4(12-8(15)9)6-5(10)7(11)14-13-6/h3H,2H2,1H3,(H3,11,13,14). The molecule has 80 valence electrons. The van der Waals surface area contributed by atoms with Crippen LogP contribution in [0.1, 0.15) is 6.92 Å². The molecule has 0 aromatic carbocycles. The summed E-state index contributed by atoms with van der Waals surface area (Å²) in [5.74, 6) is -0.713. The first kappa shape index (κ1) is 10.2. The van der Waals surface area contributed by atoms with Gasteiger partial charge in [0.15, 0.2) is 16.4 Å². The molecule has 0 unspecified atom stereocenters. The Morgan fingerprint density at radius 3 is 2.87 bits per heavy atom. The number of aromatic nitrogens is 4. The number of hydrogen-bond acceptors (Lipinski definition) is 3. The van der Waals surface area contributed by atoms with Gasteiger partial charge >= 0.3 is 0 Å². The Morgan fingerprint density at radius 2 is 2.40 bits per heavy atom. The van der Waals surface area contributed by atoms with E-state index in [9.17, 15) is 4.39 Å². The molecule has 2 heterocycles. The van der Waals surface area contributed by atoms with E-state index in [0.29, 0.717) is 10.4 Å². The van der Waals surface area contributed by atoms with Crippen molar-refractivity contribution in [3.8, 4) is 11.4 Å². The highest BCUT2D eigenvalue weighted by Gasteiger charge is 2.15. The molecule has 15 heavy (non-hydrogen) atoms. The summed E-state index contributed by atoms with van der Waals surface area (Å²) in [4.78, 5) is 4.14. The van der Waals surface area contributed by atoms with Gasteiger partial charge in [-0.25, -0.2) is 9.37 Å². The summed E-state index contributed by atoms with van der Waals surface area (Å²) >= 11 is 3.27. The third kappa shape index (κ3) is 1.63. The second-order valence-electron chi connectivity index (χ2n) is 2.98. The van der Waals surface area contributed by atoms with Gasteiger partial charge in [0.05, 0.1) is 0 Å². The number of imidazole rings is 1. The maximum absolute atomic E-state index is 13.4. The Kier molecular flexibility index (Phi) is 2.47. The Balaban J connectivity index is 2.50. The summed E-state index contributed by atoms with van der Waals surface area (Å²) in [6.07, 6.45) is 1.72. The van der Waals surface area contributed by atoms with Crippen LogP contribution < -0.4 is 5.73 Å². The SMILES string of the molecule is CCn1cc(-c2[nH]nc(N)c2F)nc1Br. The number of aryl methyl sites for hydroxylation is 1. The van der Waals surface area contributed by atoms with Crippen LogP contribution in [-0.4, -0.2) is 19.7 Å². The van der Waals surface area contributed by atoms with Crippen molar-refractivity contribution < 1.29 is 4.39 Å². The molecule has 3 N–H and O–H groups in total. The van der Waals surface area contributed by atoms with E-state index in [1.807, 2.05) is 11.5 Å². The minimum atomic E-state index is -0.566. The van der Waals surface area contributed by atoms with Gasteiger partial charge in [0, 0.05) is 12.7 Å². The van der Waals surface area contributed by atoms with E-state index in [1.54, 1.807) is 6.20 Å². The molecule has 0 saturated heterocycles. The van der Waals surface area contributed by atoms with Gasteiger partial charge in [-0.05, 0) is 22.9 Å². The topological polar surface area (TPSA) is 72.5 Å². The maximum Gasteiger partial charge on any atom is 0.194 e. The summed E-state index contributed by atoms with van der Waals surface area (Å²) in [6.45, 7) is 2.71. The molecule has 0 atom stereocenters. The van der Waals surface area contributed by atoms with Gasteiger partial charge in [-0.3, -0.25) is 5.10 Å². The number of anilines is 1. The number of nitrogen functional groups attached to an aromatic ring is 1. The van der Waals surface area contributed by atoms with E-state index >= 15 is 0 Å². The van der Waals surface area contributed by atoms with E-state index < -0.39 is 5.82 Å². The Morgan fingerprint density at radius 1 is 1.67 bits per heavy atom. The second-order valence-corrected chi connectivity index (χ2v) is 3.69. The highest BCUT2D eigenvalue weighted by Crippen LogP contribution is 2.24. The molecule has 0 amide bonds. The number of H-pyrrole nitrogens is 1. The molecule has 2 rings (SSSR count). The molecule has 0 fully saturated rings. The number of aromatic amines is 1. The third-order valence-corrected chi connectivity index (χ3v) is 2.69. The van der Waals surface area contributed by atoms with Crippen LogP contribution in [0.4, 0.5) is 10.2 Å². The van der Waals surface area contributed by atoms with Gasteiger partial charge in [-0.15, -0.1) is 0 Å². The molecule has 0 saturated carbocycles. The van der Waals surface area contributed by atoms with Crippen LogP contribution in [0.5, 0.6) is 0 Å². The van der Waals surface area contributed by atoms with Crippen LogP contribution in [0, 0.1) is 5.82 Å². The normalized spacial score (nSPS) is 10.9. The lowest BCUT2D eigenvalue weighted by Gasteiger charge is -1.94. The maximum atomic E-state index is 13.4. The average Bonchev–Trinajstić information content (AvgIpc) is 2.72. The first-order valence-electron chi connectivity index (χ1n) is 4.35. The monoisotopic (exact) mass is 273 g/mol. The summed E-state index contributed by atoms with van der Waals surface area (Å²) in [7, 11) is 0. The van der Waals surface area contributed by atoms with Crippen molar-refractivity contribution in [2.75, 3.05) is 5.73 Å². The minimum absolute atomic E-state index is 0.146. The Bertz CT molecular complexity index is 489. The van der Waals surface area contributed by atoms with Crippen molar-refractivity contribution in [1.29, 1.82) is 0 Å². The van der Waals surface area contributed by atoms with E-state index in [1.165, 1.54) is 0 Å². The predicted octanol–water partition coefficient (Wildman–Crippen LogP) is 1.78. The smallest absolute Gasteiger partial charge is 0.194 e. The summed E-state index contributed by atoms with van der Waals surface area (Å²) in [5, 5.41) is 6.08. The fraction of sp³-hybridized carbons (Fsp3) is 0.250. The lowest BCUT2D eigenvalue weighted by Crippen LogP contribution is -1.90. The van der Waals surface area contributed by atoms with Crippen LogP contribution >= 0.6 is 15.9 Å². The summed E-state index contributed by atoms with van der Waals surface area (Å²) in [6, 6.07) is 0. The second kappa shape index (κ2) is 3.65. The van der Waals surface area contributed by atoms with Crippen LogP contribution in [0.2, 0.25) is 0 Å². The van der Waals surface area contributed by atoms with E-state index in [2.05, 4.69) is 31.1 Å². The number of hydrogen-bond donors (Lipinski definition) is 2. The van der Waals surface area contributed by atoms with E-state index in [-0.39, 0.29) is 11.5 Å². The lowest BCUT2D eigenvalue weighted by molar-refractivity contribution is 0.636. The molecule has 0 radical (unpaired) electrons. The zero-order chi connectivity index (χ0) is 11.0. The highest BCUT2D eigenvalue weighted by atomic mass is 79.9. The van der Waals surface area contributed by atoms with Gasteiger partial charge in [-0.1, -0.05) is 0 Å². The van der Waals surface area contributed by atoms with Crippen LogP contribution in [0.3, 0.4) is 0 Å². The number of halogens is 2. The van der Waals surface area contributed by atoms with Crippen molar-refractivity contribution in [3.63, 3.8) is 0 Å². The van der Waals surface area contributed by atoms with Crippen molar-refractivity contribution in [3.05, 3.63) is 16.7 Å². The molecular formula is C8H9BrFN5. The van der Waals surface area contributed by atoms with Crippen molar-refractivity contribution in [2.45, 2.75) is 13.5 Å². The number of nitrogens with one attached hydrogen (secondary N) is 1. The van der Waals surface area contributed by atoms with Gasteiger partial charge in [0.2, 0.25) is 0 Å². The Labute approximate surface area is 93.6 Å². The first-order chi connectivity index (χ1) is 7.13.